The summed E-state index contributed by atoms with van der Waals surface area (Å²) in [5, 5.41) is 11.6. The Kier molecular flexibility index (Phi) is 6.12. The lowest BCUT2D eigenvalue weighted by Crippen LogP contribution is -2.45. The third-order valence-electron chi connectivity index (χ3n) is 3.99. The van der Waals surface area contributed by atoms with Gasteiger partial charge in [0.15, 0.2) is 0 Å². The van der Waals surface area contributed by atoms with Gasteiger partial charge in [-0.15, -0.1) is 0 Å². The van der Waals surface area contributed by atoms with Gasteiger partial charge in [0, 0.05) is 19.6 Å². The van der Waals surface area contributed by atoms with Crippen LogP contribution < -0.4 is 5.32 Å². The molecule has 0 heterocycles. The first-order valence-electron chi connectivity index (χ1n) is 7.13. The van der Waals surface area contributed by atoms with E-state index in [2.05, 4.69) is 19.2 Å². The van der Waals surface area contributed by atoms with Crippen LogP contribution in [-0.4, -0.2) is 41.6 Å². The third kappa shape index (κ3) is 5.49. The zero-order chi connectivity index (χ0) is 14.4. The third-order valence-corrected chi connectivity index (χ3v) is 3.99. The Balaban J connectivity index is 2.36. The zero-order valence-corrected chi connectivity index (χ0v) is 12.2. The monoisotopic (exact) mass is 270 g/mol. The fourth-order valence-electron chi connectivity index (χ4n) is 2.61. The summed E-state index contributed by atoms with van der Waals surface area (Å²) in [6.07, 6.45) is 4.46. The average Bonchev–Trinajstić information content (AvgIpc) is 2.36. The van der Waals surface area contributed by atoms with E-state index in [1.54, 1.807) is 7.05 Å². The van der Waals surface area contributed by atoms with Gasteiger partial charge in [-0.05, 0) is 24.7 Å². The van der Waals surface area contributed by atoms with Gasteiger partial charge in [0.2, 0.25) is 0 Å². The molecule has 0 radical (unpaired) electrons. The maximum atomic E-state index is 11.9. The smallest absolute Gasteiger partial charge is 0.317 e. The Morgan fingerprint density at radius 2 is 2.05 bits per heavy atom. The summed E-state index contributed by atoms with van der Waals surface area (Å²) in [4.78, 5) is 23.8. The summed E-state index contributed by atoms with van der Waals surface area (Å²) in [5.74, 6) is 0.463. The van der Waals surface area contributed by atoms with Crippen LogP contribution in [0, 0.1) is 11.8 Å². The van der Waals surface area contributed by atoms with Crippen LogP contribution >= 0.6 is 0 Å². The summed E-state index contributed by atoms with van der Waals surface area (Å²) in [6, 6.07) is 0.0802. The van der Waals surface area contributed by atoms with Crippen LogP contribution in [0.4, 0.5) is 4.79 Å². The predicted molar refractivity (Wildman–Crippen MR) is 74.0 cm³/mol. The first-order valence-corrected chi connectivity index (χ1v) is 7.13. The van der Waals surface area contributed by atoms with Crippen LogP contribution in [-0.2, 0) is 4.79 Å². The summed E-state index contributed by atoms with van der Waals surface area (Å²) in [5.41, 5.74) is 0. The second kappa shape index (κ2) is 7.36. The van der Waals surface area contributed by atoms with Gasteiger partial charge in [-0.2, -0.15) is 0 Å². The molecule has 0 aromatic heterocycles. The highest BCUT2D eigenvalue weighted by Gasteiger charge is 2.25. The molecule has 0 saturated heterocycles. The molecule has 2 N–H and O–H groups in total. The van der Waals surface area contributed by atoms with Crippen molar-refractivity contribution in [3.63, 3.8) is 0 Å². The SMILES string of the molecule is CC(C)C1CCCC(NC(=O)N(C)CCC(=O)O)C1. The van der Waals surface area contributed by atoms with E-state index in [0.717, 1.165) is 19.3 Å². The molecule has 0 bridgehead atoms. The first kappa shape index (κ1) is 15.8. The molecule has 0 aliphatic heterocycles. The molecule has 1 aliphatic carbocycles. The van der Waals surface area contributed by atoms with Crippen LogP contribution in [0.3, 0.4) is 0 Å². The highest BCUT2D eigenvalue weighted by atomic mass is 16.4. The van der Waals surface area contributed by atoms with E-state index >= 15 is 0 Å². The number of urea groups is 1. The number of amides is 2. The van der Waals surface area contributed by atoms with Crippen LogP contribution in [0.15, 0.2) is 0 Å². The molecule has 1 saturated carbocycles. The fraction of sp³-hybridized carbons (Fsp3) is 0.857. The van der Waals surface area contributed by atoms with Gasteiger partial charge in [-0.3, -0.25) is 4.79 Å². The lowest BCUT2D eigenvalue weighted by Gasteiger charge is -2.33. The van der Waals surface area contributed by atoms with Crippen molar-refractivity contribution in [2.45, 2.75) is 52.0 Å². The number of carboxylic acids is 1. The minimum Gasteiger partial charge on any atom is -0.481 e. The average molecular weight is 270 g/mol. The summed E-state index contributed by atoms with van der Waals surface area (Å²) in [6.45, 7) is 4.71. The van der Waals surface area contributed by atoms with Crippen molar-refractivity contribution < 1.29 is 14.7 Å². The van der Waals surface area contributed by atoms with Crippen LogP contribution in [0.1, 0.15) is 46.0 Å². The van der Waals surface area contributed by atoms with Crippen molar-refractivity contribution in [1.29, 1.82) is 0 Å². The molecule has 5 heteroatoms. The molecule has 0 aromatic carbocycles. The van der Waals surface area contributed by atoms with Gasteiger partial charge in [-0.1, -0.05) is 26.7 Å². The normalized spacial score (nSPS) is 23.2. The molecule has 110 valence electrons. The predicted octanol–water partition coefficient (Wildman–Crippen LogP) is 2.32. The maximum absolute atomic E-state index is 11.9. The number of aliphatic carboxylic acids is 1. The number of carbonyl (C=O) groups is 2. The first-order chi connectivity index (χ1) is 8.90. The molecule has 2 amide bonds. The minimum atomic E-state index is -0.878. The Hall–Kier alpha value is -1.26. The van der Waals surface area contributed by atoms with Crippen LogP contribution in [0.2, 0.25) is 0 Å². The lowest BCUT2D eigenvalue weighted by atomic mass is 9.79. The molecule has 2 atom stereocenters. The van der Waals surface area contributed by atoms with Gasteiger partial charge < -0.3 is 15.3 Å². The number of hydrogen-bond acceptors (Lipinski definition) is 2. The number of hydrogen-bond donors (Lipinski definition) is 2. The Labute approximate surface area is 115 Å². The van der Waals surface area contributed by atoms with Crippen molar-refractivity contribution >= 4 is 12.0 Å². The van der Waals surface area contributed by atoms with E-state index in [1.165, 1.54) is 11.3 Å². The lowest BCUT2D eigenvalue weighted by molar-refractivity contribution is -0.137. The number of nitrogens with zero attached hydrogens (tertiary/aromatic N) is 1. The molecule has 5 nitrogen and oxygen atoms in total. The Bertz CT molecular complexity index is 318. The standard InChI is InChI=1S/C14H26N2O3/c1-10(2)11-5-4-6-12(9-11)15-14(19)16(3)8-7-13(17)18/h10-12H,4-9H2,1-3H3,(H,15,19)(H,17,18). The molecule has 19 heavy (non-hydrogen) atoms. The maximum Gasteiger partial charge on any atom is 0.317 e. The summed E-state index contributed by atoms with van der Waals surface area (Å²) in [7, 11) is 1.64. The molecular formula is C14H26N2O3. The molecular weight excluding hydrogens is 244 g/mol. The Morgan fingerprint density at radius 1 is 1.37 bits per heavy atom. The van der Waals surface area contributed by atoms with E-state index in [1.807, 2.05) is 0 Å². The summed E-state index contributed by atoms with van der Waals surface area (Å²) < 4.78 is 0. The summed E-state index contributed by atoms with van der Waals surface area (Å²) >= 11 is 0. The van der Waals surface area contributed by atoms with Gasteiger partial charge >= 0.3 is 12.0 Å². The van der Waals surface area contributed by atoms with Crippen molar-refractivity contribution in [2.75, 3.05) is 13.6 Å². The number of carboxylic acid groups (broad SMARTS) is 1. The number of carbonyl (C=O) groups excluding carboxylic acids is 1. The minimum absolute atomic E-state index is 0.0107. The van der Waals surface area contributed by atoms with Crippen molar-refractivity contribution in [2.24, 2.45) is 11.8 Å². The van der Waals surface area contributed by atoms with Crippen LogP contribution in [0.25, 0.3) is 0 Å². The molecule has 1 fully saturated rings. The van der Waals surface area contributed by atoms with E-state index < -0.39 is 5.97 Å². The fourth-order valence-corrected chi connectivity index (χ4v) is 2.61. The Morgan fingerprint density at radius 3 is 2.63 bits per heavy atom. The molecule has 2 unspecified atom stereocenters. The largest absolute Gasteiger partial charge is 0.481 e. The molecule has 0 aromatic rings. The highest BCUT2D eigenvalue weighted by Crippen LogP contribution is 2.29. The second-order valence-electron chi connectivity index (χ2n) is 5.88. The van der Waals surface area contributed by atoms with Gasteiger partial charge in [0.25, 0.3) is 0 Å². The topological polar surface area (TPSA) is 69.6 Å². The van der Waals surface area contributed by atoms with Crippen molar-refractivity contribution in [1.82, 2.24) is 10.2 Å². The molecule has 0 spiro atoms. The van der Waals surface area contributed by atoms with E-state index in [0.29, 0.717) is 11.8 Å². The number of rotatable bonds is 5. The molecule has 1 rings (SSSR count). The van der Waals surface area contributed by atoms with Crippen LogP contribution in [0.5, 0.6) is 0 Å². The van der Waals surface area contributed by atoms with Crippen molar-refractivity contribution in [3.05, 3.63) is 0 Å². The molecule has 1 aliphatic rings. The van der Waals surface area contributed by atoms with Gasteiger partial charge in [0.1, 0.15) is 0 Å². The van der Waals surface area contributed by atoms with Crippen molar-refractivity contribution in [3.8, 4) is 0 Å². The second-order valence-corrected chi connectivity index (χ2v) is 5.88. The highest BCUT2D eigenvalue weighted by molar-refractivity contribution is 5.75. The van der Waals surface area contributed by atoms with E-state index in [4.69, 9.17) is 5.11 Å². The van der Waals surface area contributed by atoms with Gasteiger partial charge in [-0.25, -0.2) is 4.79 Å². The quantitative estimate of drug-likeness (QED) is 0.805. The van der Waals surface area contributed by atoms with E-state index in [-0.39, 0.29) is 25.0 Å². The van der Waals surface area contributed by atoms with E-state index in [9.17, 15) is 9.59 Å². The van der Waals surface area contributed by atoms with Gasteiger partial charge in [0.05, 0.1) is 6.42 Å². The zero-order valence-electron chi connectivity index (χ0n) is 12.2. The number of nitrogens with one attached hydrogen (secondary N) is 1.